The van der Waals surface area contributed by atoms with Gasteiger partial charge in [-0.3, -0.25) is 14.5 Å². The van der Waals surface area contributed by atoms with E-state index in [9.17, 15) is 9.59 Å². The van der Waals surface area contributed by atoms with Gasteiger partial charge in [-0.2, -0.15) is 5.10 Å². The second-order valence-corrected chi connectivity index (χ2v) is 8.32. The first-order valence-corrected chi connectivity index (χ1v) is 11.3. The fraction of sp³-hybridized carbons (Fsp3) is 0.400. The second-order valence-electron chi connectivity index (χ2n) is 8.32. The number of nitrogens with zero attached hydrogens (tertiary/aromatic N) is 2. The van der Waals surface area contributed by atoms with Crippen molar-refractivity contribution < 1.29 is 9.53 Å². The number of carbonyl (C=O) groups is 1. The lowest BCUT2D eigenvalue weighted by molar-refractivity contribution is -0.116. The number of ether oxygens (including phenoxy) is 1. The summed E-state index contributed by atoms with van der Waals surface area (Å²) in [4.78, 5) is 27.0. The standard InChI is InChI=1S/C25H30N4O3/c1-32-17-20-10-7-15-29(20)14-5-4-13-23(30)26-19-9-6-8-18(16-19)24-21-11-2-3-12-22(21)25(31)28-27-24/h2-3,6,8-9,11-12,16,20H,4-5,7,10,13-15,17H2,1H3,(H,26,30)(H,28,31)/t20-/m1/s1. The predicted molar refractivity (Wildman–Crippen MR) is 127 cm³/mol. The van der Waals surface area contributed by atoms with E-state index in [4.69, 9.17) is 4.74 Å². The minimum absolute atomic E-state index is 0.0105. The SMILES string of the molecule is COC[C@H]1CCCN1CCCCC(=O)Nc1cccc(-c2n[nH]c(=O)c3ccccc23)c1. The number of unbranched alkanes of at least 4 members (excludes halogenated alkanes) is 1. The van der Waals surface area contributed by atoms with Crippen LogP contribution < -0.4 is 10.9 Å². The van der Waals surface area contributed by atoms with Crippen LogP contribution in [-0.4, -0.2) is 53.9 Å². The first-order chi connectivity index (χ1) is 15.7. The number of anilines is 1. The molecule has 1 amide bonds. The molecule has 1 fully saturated rings. The van der Waals surface area contributed by atoms with Crippen molar-refractivity contribution in [3.63, 3.8) is 0 Å². The van der Waals surface area contributed by atoms with E-state index < -0.39 is 0 Å². The zero-order chi connectivity index (χ0) is 22.3. The number of hydrogen-bond donors (Lipinski definition) is 2. The van der Waals surface area contributed by atoms with Gasteiger partial charge in [-0.1, -0.05) is 30.3 Å². The summed E-state index contributed by atoms with van der Waals surface area (Å²) in [5.41, 5.74) is 2.04. The maximum absolute atomic E-state index is 12.5. The zero-order valence-corrected chi connectivity index (χ0v) is 18.5. The van der Waals surface area contributed by atoms with E-state index >= 15 is 0 Å². The van der Waals surface area contributed by atoms with Crippen LogP contribution >= 0.6 is 0 Å². The molecule has 2 heterocycles. The summed E-state index contributed by atoms with van der Waals surface area (Å²) >= 11 is 0. The van der Waals surface area contributed by atoms with Crippen molar-refractivity contribution in [2.24, 2.45) is 0 Å². The van der Waals surface area contributed by atoms with Gasteiger partial charge >= 0.3 is 0 Å². The number of benzene rings is 2. The third-order valence-corrected chi connectivity index (χ3v) is 6.07. The van der Waals surface area contributed by atoms with Crippen LogP contribution in [0.4, 0.5) is 5.69 Å². The largest absolute Gasteiger partial charge is 0.383 e. The minimum Gasteiger partial charge on any atom is -0.383 e. The Labute approximate surface area is 187 Å². The number of likely N-dealkylation sites (tertiary alicyclic amines) is 1. The van der Waals surface area contributed by atoms with E-state index in [0.29, 0.717) is 23.5 Å². The van der Waals surface area contributed by atoms with Crippen LogP contribution in [0, 0.1) is 0 Å². The average molecular weight is 435 g/mol. The summed E-state index contributed by atoms with van der Waals surface area (Å²) in [7, 11) is 1.76. The van der Waals surface area contributed by atoms with Crippen LogP contribution in [0.5, 0.6) is 0 Å². The highest BCUT2D eigenvalue weighted by atomic mass is 16.5. The van der Waals surface area contributed by atoms with Gasteiger partial charge in [-0.25, -0.2) is 5.10 Å². The fourth-order valence-electron chi connectivity index (χ4n) is 4.47. The quantitative estimate of drug-likeness (QED) is 0.500. The van der Waals surface area contributed by atoms with Crippen molar-refractivity contribution in [3.05, 3.63) is 58.9 Å². The van der Waals surface area contributed by atoms with E-state index in [0.717, 1.165) is 49.2 Å². The van der Waals surface area contributed by atoms with Crippen LogP contribution in [0.1, 0.15) is 32.1 Å². The van der Waals surface area contributed by atoms with Crippen molar-refractivity contribution in [2.75, 3.05) is 32.1 Å². The molecule has 1 atom stereocenters. The van der Waals surface area contributed by atoms with Crippen LogP contribution in [0.15, 0.2) is 53.3 Å². The molecule has 4 rings (SSSR count). The van der Waals surface area contributed by atoms with Gasteiger partial charge in [0.15, 0.2) is 0 Å². The fourth-order valence-corrected chi connectivity index (χ4v) is 4.47. The van der Waals surface area contributed by atoms with Gasteiger partial charge in [-0.05, 0) is 57.0 Å². The van der Waals surface area contributed by atoms with Crippen LogP contribution in [-0.2, 0) is 9.53 Å². The van der Waals surface area contributed by atoms with Crippen molar-refractivity contribution >= 4 is 22.4 Å². The van der Waals surface area contributed by atoms with E-state index in [1.54, 1.807) is 13.2 Å². The van der Waals surface area contributed by atoms with Crippen molar-refractivity contribution in [1.82, 2.24) is 15.1 Å². The number of H-pyrrole nitrogens is 1. The van der Waals surface area contributed by atoms with E-state index in [1.807, 2.05) is 42.5 Å². The summed E-state index contributed by atoms with van der Waals surface area (Å²) in [5.74, 6) is 0.0105. The van der Waals surface area contributed by atoms with Crippen LogP contribution in [0.25, 0.3) is 22.0 Å². The van der Waals surface area contributed by atoms with Gasteiger partial charge in [0.2, 0.25) is 5.91 Å². The second kappa shape index (κ2) is 10.5. The van der Waals surface area contributed by atoms with Crippen LogP contribution in [0.3, 0.4) is 0 Å². The van der Waals surface area contributed by atoms with E-state index in [2.05, 4.69) is 20.4 Å². The molecule has 0 spiro atoms. The molecule has 168 valence electrons. The maximum atomic E-state index is 12.5. The Morgan fingerprint density at radius 2 is 2.03 bits per heavy atom. The number of aromatic nitrogens is 2. The molecule has 0 aliphatic carbocycles. The highest BCUT2D eigenvalue weighted by Gasteiger charge is 2.23. The molecule has 2 N–H and O–H groups in total. The number of methoxy groups -OCH3 is 1. The first-order valence-electron chi connectivity index (χ1n) is 11.3. The molecule has 1 aliphatic rings. The predicted octanol–water partition coefficient (Wildman–Crippen LogP) is 3.81. The van der Waals surface area contributed by atoms with Crippen molar-refractivity contribution in [2.45, 2.75) is 38.1 Å². The summed E-state index contributed by atoms with van der Waals surface area (Å²) in [6.45, 7) is 2.93. The Morgan fingerprint density at radius 3 is 2.88 bits per heavy atom. The van der Waals surface area contributed by atoms with Crippen molar-refractivity contribution in [3.8, 4) is 11.3 Å². The van der Waals surface area contributed by atoms with Gasteiger partial charge in [0.05, 0.1) is 17.7 Å². The molecule has 3 aromatic rings. The average Bonchev–Trinajstić information content (AvgIpc) is 3.25. The summed E-state index contributed by atoms with van der Waals surface area (Å²) in [6.07, 6.45) is 4.77. The lowest BCUT2D eigenvalue weighted by Crippen LogP contribution is -2.33. The van der Waals surface area contributed by atoms with Gasteiger partial charge in [0.1, 0.15) is 0 Å². The number of rotatable bonds is 9. The maximum Gasteiger partial charge on any atom is 0.272 e. The van der Waals surface area contributed by atoms with Crippen LogP contribution in [0.2, 0.25) is 0 Å². The molecule has 0 saturated carbocycles. The number of hydrogen-bond acceptors (Lipinski definition) is 5. The molecule has 32 heavy (non-hydrogen) atoms. The van der Waals surface area contributed by atoms with Gasteiger partial charge < -0.3 is 10.1 Å². The number of carbonyl (C=O) groups excluding carboxylic acids is 1. The topological polar surface area (TPSA) is 87.3 Å². The lowest BCUT2D eigenvalue weighted by Gasteiger charge is -2.23. The molecule has 0 bridgehead atoms. The third kappa shape index (κ3) is 5.23. The Balaban J connectivity index is 1.34. The van der Waals surface area contributed by atoms with Gasteiger partial charge in [0.25, 0.3) is 5.56 Å². The van der Waals surface area contributed by atoms with Gasteiger partial charge in [-0.15, -0.1) is 0 Å². The van der Waals surface area contributed by atoms with E-state index in [-0.39, 0.29) is 11.5 Å². The summed E-state index contributed by atoms with van der Waals surface area (Å²) < 4.78 is 5.31. The molecule has 2 aromatic carbocycles. The summed E-state index contributed by atoms with van der Waals surface area (Å²) in [5, 5.41) is 11.2. The minimum atomic E-state index is -0.212. The monoisotopic (exact) mass is 434 g/mol. The normalized spacial score (nSPS) is 16.5. The Hall–Kier alpha value is -3.03. The van der Waals surface area contributed by atoms with E-state index in [1.165, 1.54) is 12.8 Å². The van der Waals surface area contributed by atoms with Crippen molar-refractivity contribution in [1.29, 1.82) is 0 Å². The number of nitrogens with one attached hydrogen (secondary N) is 2. The Morgan fingerprint density at radius 1 is 1.19 bits per heavy atom. The smallest absolute Gasteiger partial charge is 0.272 e. The third-order valence-electron chi connectivity index (χ3n) is 6.07. The highest BCUT2D eigenvalue weighted by Crippen LogP contribution is 2.26. The Kier molecular flexibility index (Phi) is 7.29. The molecule has 1 aliphatic heterocycles. The molecule has 0 unspecified atom stereocenters. The first kappa shape index (κ1) is 22.2. The molecule has 7 heteroatoms. The number of aromatic amines is 1. The number of fused-ring (bicyclic) bond motifs is 1. The molecule has 1 aromatic heterocycles. The number of amides is 1. The molecule has 1 saturated heterocycles. The summed E-state index contributed by atoms with van der Waals surface area (Å²) in [6, 6.07) is 15.5. The lowest BCUT2D eigenvalue weighted by atomic mass is 10.0. The Bertz CT molecular complexity index is 1130. The zero-order valence-electron chi connectivity index (χ0n) is 18.5. The molecule has 7 nitrogen and oxygen atoms in total. The highest BCUT2D eigenvalue weighted by molar-refractivity contribution is 5.95. The molecular formula is C25H30N4O3. The molecular weight excluding hydrogens is 404 g/mol. The molecule has 0 radical (unpaired) electrons. The van der Waals surface area contributed by atoms with Gasteiger partial charge in [0, 0.05) is 36.2 Å².